The van der Waals surface area contributed by atoms with Crippen LogP contribution < -0.4 is 5.32 Å². The van der Waals surface area contributed by atoms with Crippen LogP contribution in [0.15, 0.2) is 192 Å². The Morgan fingerprint density at radius 3 is 1.93 bits per heavy atom. The molecule has 11 aromatic rings. The second-order valence-electron chi connectivity index (χ2n) is 14.6. The molecular formula is C51H32N4S2. The van der Waals surface area contributed by atoms with E-state index in [4.69, 9.17) is 9.98 Å². The number of nitrogens with one attached hydrogen (secondary N) is 1. The van der Waals surface area contributed by atoms with Gasteiger partial charge in [-0.15, -0.1) is 22.7 Å². The predicted octanol–water partition coefficient (Wildman–Crippen LogP) is 13.7. The zero-order chi connectivity index (χ0) is 37.5. The van der Waals surface area contributed by atoms with Crippen LogP contribution in [0.3, 0.4) is 0 Å². The molecular weight excluding hydrogens is 733 g/mol. The summed E-state index contributed by atoms with van der Waals surface area (Å²) in [6, 6.07) is 65.5. The topological polar surface area (TPSA) is 41.7 Å². The molecule has 0 radical (unpaired) electrons. The van der Waals surface area contributed by atoms with Crippen molar-refractivity contribution in [3.05, 3.63) is 199 Å². The number of hydrogen-bond donors (Lipinski definition) is 1. The molecule has 0 amide bonds. The van der Waals surface area contributed by atoms with E-state index in [1.807, 2.05) is 28.7 Å². The van der Waals surface area contributed by atoms with Crippen LogP contribution in [0.25, 0.3) is 79.0 Å². The summed E-state index contributed by atoms with van der Waals surface area (Å²) < 4.78 is 7.43. The van der Waals surface area contributed by atoms with E-state index in [1.54, 1.807) is 0 Å². The Labute approximate surface area is 336 Å². The van der Waals surface area contributed by atoms with E-state index < -0.39 is 6.17 Å². The van der Waals surface area contributed by atoms with Gasteiger partial charge >= 0.3 is 0 Å². The zero-order valence-corrected chi connectivity index (χ0v) is 32.2. The summed E-state index contributed by atoms with van der Waals surface area (Å²) in [5, 5.41) is 11.1. The standard InChI is InChI=1S/C51H32N4S2/c1-3-13-31(14-4-1)49-52-50(54-51(53-49)38-20-12-24-46-48(38)37-18-8-10-23-43(37)57-46)33-26-28-45-40(30-33)39-29-32(25-27-44(39)56-45)35-19-11-22-42-47(35)36-17-7-9-21-41(36)55(42)34-15-5-2-6-16-34/h1-30,50H,(H,52,53,54). The first-order valence-corrected chi connectivity index (χ1v) is 20.8. The number of thiophene rings is 2. The van der Waals surface area contributed by atoms with Crippen LogP contribution in [0.5, 0.6) is 0 Å². The van der Waals surface area contributed by atoms with Crippen molar-refractivity contribution in [3.8, 4) is 16.8 Å². The Kier molecular flexibility index (Phi) is 7.30. The van der Waals surface area contributed by atoms with Gasteiger partial charge in [-0.1, -0.05) is 121 Å². The van der Waals surface area contributed by atoms with Gasteiger partial charge in [0.1, 0.15) is 11.7 Å². The molecule has 57 heavy (non-hydrogen) atoms. The van der Waals surface area contributed by atoms with Gasteiger partial charge < -0.3 is 9.88 Å². The van der Waals surface area contributed by atoms with E-state index in [2.05, 4.69) is 186 Å². The van der Waals surface area contributed by atoms with E-state index in [0.717, 1.165) is 34.0 Å². The van der Waals surface area contributed by atoms with Gasteiger partial charge in [-0.2, -0.15) is 0 Å². The molecule has 4 heterocycles. The van der Waals surface area contributed by atoms with Gasteiger partial charge in [0.25, 0.3) is 0 Å². The molecule has 0 bridgehead atoms. The van der Waals surface area contributed by atoms with Crippen LogP contribution >= 0.6 is 22.7 Å². The van der Waals surface area contributed by atoms with Crippen molar-refractivity contribution in [3.63, 3.8) is 0 Å². The highest BCUT2D eigenvalue weighted by Gasteiger charge is 2.24. The fraction of sp³-hybridized carbons (Fsp3) is 0.0196. The first-order chi connectivity index (χ1) is 28.2. The number of benzene rings is 8. The van der Waals surface area contributed by atoms with Crippen molar-refractivity contribution in [1.82, 2.24) is 9.88 Å². The second kappa shape index (κ2) is 12.8. The van der Waals surface area contributed by atoms with Crippen LogP contribution in [-0.2, 0) is 0 Å². The van der Waals surface area contributed by atoms with E-state index in [0.29, 0.717) is 0 Å². The van der Waals surface area contributed by atoms with Crippen LogP contribution in [0.4, 0.5) is 0 Å². The summed E-state index contributed by atoms with van der Waals surface area (Å²) in [7, 11) is 0. The molecule has 0 saturated heterocycles. The van der Waals surface area contributed by atoms with E-state index >= 15 is 0 Å². The SMILES string of the molecule is c1ccc(C2=NC(c3ccc4sc5ccc(-c6cccc7c6c6ccccc6n7-c6ccccc6)cc5c4c3)N=C(c3cccc4sc5ccccc5c34)N2)cc1. The molecule has 0 saturated carbocycles. The Morgan fingerprint density at radius 2 is 1.05 bits per heavy atom. The fourth-order valence-electron chi connectivity index (χ4n) is 8.69. The fourth-order valence-corrected chi connectivity index (χ4v) is 10.9. The number of aromatic nitrogens is 1. The normalized spacial score (nSPS) is 14.5. The van der Waals surface area contributed by atoms with Gasteiger partial charge in [0.2, 0.25) is 0 Å². The van der Waals surface area contributed by atoms with Crippen molar-refractivity contribution >= 4 is 96.5 Å². The third-order valence-electron chi connectivity index (χ3n) is 11.3. The number of amidine groups is 2. The Bertz CT molecular complexity index is 3440. The molecule has 268 valence electrons. The highest BCUT2D eigenvalue weighted by molar-refractivity contribution is 7.26. The molecule has 0 spiro atoms. The maximum Gasteiger partial charge on any atom is 0.169 e. The van der Waals surface area contributed by atoms with Gasteiger partial charge in [0.15, 0.2) is 6.17 Å². The zero-order valence-electron chi connectivity index (χ0n) is 30.6. The molecule has 0 fully saturated rings. The van der Waals surface area contributed by atoms with Crippen molar-refractivity contribution < 1.29 is 0 Å². The van der Waals surface area contributed by atoms with Crippen LogP contribution in [0.2, 0.25) is 0 Å². The largest absolute Gasteiger partial charge is 0.324 e. The molecule has 4 nitrogen and oxygen atoms in total. The van der Waals surface area contributed by atoms with Gasteiger partial charge in [0.05, 0.1) is 11.0 Å². The lowest BCUT2D eigenvalue weighted by molar-refractivity contribution is 0.757. The van der Waals surface area contributed by atoms with Gasteiger partial charge in [-0.05, 0) is 77.4 Å². The average molecular weight is 765 g/mol. The molecule has 1 unspecified atom stereocenters. The predicted molar refractivity (Wildman–Crippen MR) is 244 cm³/mol. The maximum absolute atomic E-state index is 5.39. The van der Waals surface area contributed by atoms with Crippen molar-refractivity contribution in [2.45, 2.75) is 6.17 Å². The van der Waals surface area contributed by atoms with Gasteiger partial charge in [0, 0.05) is 67.9 Å². The van der Waals surface area contributed by atoms with E-state index in [9.17, 15) is 0 Å². The first kappa shape index (κ1) is 32.4. The lowest BCUT2D eigenvalue weighted by Crippen LogP contribution is -2.36. The molecule has 1 aliphatic heterocycles. The van der Waals surface area contributed by atoms with Crippen molar-refractivity contribution in [1.29, 1.82) is 0 Å². The second-order valence-corrected chi connectivity index (χ2v) is 16.7. The number of rotatable bonds is 5. The third-order valence-corrected chi connectivity index (χ3v) is 13.5. The third kappa shape index (κ3) is 5.18. The molecule has 6 heteroatoms. The Balaban J connectivity index is 1.02. The number of fused-ring (bicyclic) bond motifs is 9. The Morgan fingerprint density at radius 1 is 0.421 bits per heavy atom. The molecule has 12 rings (SSSR count). The minimum absolute atomic E-state index is 0.419. The number of para-hydroxylation sites is 2. The van der Waals surface area contributed by atoms with Crippen LogP contribution in [-0.4, -0.2) is 16.2 Å². The summed E-state index contributed by atoms with van der Waals surface area (Å²) in [4.78, 5) is 10.7. The maximum atomic E-state index is 5.39. The monoisotopic (exact) mass is 764 g/mol. The summed E-state index contributed by atoms with van der Waals surface area (Å²) in [5.74, 6) is 1.66. The van der Waals surface area contributed by atoms with Gasteiger partial charge in [-0.3, -0.25) is 0 Å². The number of hydrogen-bond acceptors (Lipinski definition) is 5. The van der Waals surface area contributed by atoms with E-state index in [1.165, 1.54) is 73.3 Å². The van der Waals surface area contributed by atoms with Gasteiger partial charge in [-0.25, -0.2) is 9.98 Å². The number of aliphatic imine (C=N–C) groups is 2. The lowest BCUT2D eigenvalue weighted by atomic mass is 9.97. The minimum Gasteiger partial charge on any atom is -0.324 e. The molecule has 1 N–H and O–H groups in total. The molecule has 1 aliphatic rings. The summed E-state index contributed by atoms with van der Waals surface area (Å²) in [5.41, 5.74) is 9.20. The lowest BCUT2D eigenvalue weighted by Gasteiger charge is -2.23. The molecule has 1 atom stereocenters. The summed E-state index contributed by atoms with van der Waals surface area (Å²) in [6.07, 6.45) is -0.419. The van der Waals surface area contributed by atoms with E-state index in [-0.39, 0.29) is 0 Å². The molecule has 3 aromatic heterocycles. The van der Waals surface area contributed by atoms with Crippen molar-refractivity contribution in [2.75, 3.05) is 0 Å². The average Bonchev–Trinajstić information content (AvgIpc) is 3.96. The molecule has 8 aromatic carbocycles. The Hall–Kier alpha value is -6.86. The minimum atomic E-state index is -0.419. The number of nitrogens with zero attached hydrogens (tertiary/aromatic N) is 3. The van der Waals surface area contributed by atoms with Crippen molar-refractivity contribution in [2.24, 2.45) is 9.98 Å². The smallest absolute Gasteiger partial charge is 0.169 e. The summed E-state index contributed by atoms with van der Waals surface area (Å²) in [6.45, 7) is 0. The summed E-state index contributed by atoms with van der Waals surface area (Å²) >= 11 is 3.66. The molecule has 0 aliphatic carbocycles. The van der Waals surface area contributed by atoms with Crippen LogP contribution in [0, 0.1) is 0 Å². The first-order valence-electron chi connectivity index (χ1n) is 19.2. The highest BCUT2D eigenvalue weighted by atomic mass is 32.1. The van der Waals surface area contributed by atoms with Crippen LogP contribution in [0.1, 0.15) is 22.9 Å². The highest BCUT2D eigenvalue weighted by Crippen LogP contribution is 2.43. The quantitative estimate of drug-likeness (QED) is 0.186.